The maximum Gasteiger partial charge on any atom is 0.338 e. The van der Waals surface area contributed by atoms with Crippen molar-refractivity contribution in [2.75, 3.05) is 18.6 Å². The number of Topliss-reactive ketones (excluding diaryl/α,β-unsaturated/α-hetero) is 1. The van der Waals surface area contributed by atoms with Gasteiger partial charge >= 0.3 is 5.97 Å². The Kier molecular flexibility index (Phi) is 6.45. The van der Waals surface area contributed by atoms with Crippen molar-refractivity contribution in [3.05, 3.63) is 81.8 Å². The molecule has 178 valence electrons. The van der Waals surface area contributed by atoms with Gasteiger partial charge in [0.2, 0.25) is 0 Å². The summed E-state index contributed by atoms with van der Waals surface area (Å²) >= 11 is 6.13. The Labute approximate surface area is 205 Å². The van der Waals surface area contributed by atoms with E-state index in [1.54, 1.807) is 26.2 Å². The topological polar surface area (TPSA) is 81.9 Å². The first-order valence-corrected chi connectivity index (χ1v) is 11.7. The molecule has 1 aliphatic heterocycles. The van der Waals surface area contributed by atoms with Gasteiger partial charge in [0.25, 0.3) is 0 Å². The van der Waals surface area contributed by atoms with Gasteiger partial charge in [-0.15, -0.1) is 0 Å². The summed E-state index contributed by atoms with van der Waals surface area (Å²) in [6, 6.07) is 14.6. The molecule has 6 nitrogen and oxygen atoms in total. The third-order valence-electron chi connectivity index (χ3n) is 6.29. The van der Waals surface area contributed by atoms with E-state index in [1.807, 2.05) is 41.3 Å². The summed E-state index contributed by atoms with van der Waals surface area (Å²) in [7, 11) is 1.60. The number of carbonyl (C=O) groups excluding carboxylic acids is 2. The molecule has 2 aromatic carbocycles. The molecule has 1 heterocycles. The molecule has 1 aliphatic carbocycles. The Morgan fingerprint density at radius 1 is 1.12 bits per heavy atom. The molecule has 34 heavy (non-hydrogen) atoms. The van der Waals surface area contributed by atoms with Gasteiger partial charge in [-0.05, 0) is 60.7 Å². The van der Waals surface area contributed by atoms with Crippen LogP contribution >= 0.6 is 11.6 Å². The number of nitrogens with two attached hydrogens (primary N) is 1. The van der Waals surface area contributed by atoms with Crippen molar-refractivity contribution in [2.24, 2.45) is 11.1 Å². The average Bonchev–Trinajstić information content (AvgIpc) is 2.78. The second kappa shape index (κ2) is 9.18. The number of hydrogen-bond donors (Lipinski definition) is 1. The number of allylic oxidation sites excluding steroid dienone is 2. The van der Waals surface area contributed by atoms with E-state index in [2.05, 4.69) is 13.8 Å². The van der Waals surface area contributed by atoms with Crippen molar-refractivity contribution < 1.29 is 19.1 Å². The number of ether oxygens (including phenoxy) is 2. The van der Waals surface area contributed by atoms with Crippen molar-refractivity contribution in [3.8, 4) is 5.75 Å². The lowest BCUT2D eigenvalue weighted by Crippen LogP contribution is -2.43. The SMILES string of the molecule is CCOC(=O)C1=C(N)N(c2ccc(OC)cc2)C2=C(C(=O)CC(C)(C)C2)C1c1ccc(Cl)cc1. The van der Waals surface area contributed by atoms with Gasteiger partial charge in [-0.3, -0.25) is 9.69 Å². The fourth-order valence-corrected chi connectivity index (χ4v) is 4.96. The van der Waals surface area contributed by atoms with E-state index in [-0.39, 0.29) is 29.2 Å². The molecule has 0 aromatic heterocycles. The zero-order chi connectivity index (χ0) is 24.6. The summed E-state index contributed by atoms with van der Waals surface area (Å²) in [6.07, 6.45) is 1.00. The van der Waals surface area contributed by atoms with E-state index >= 15 is 0 Å². The molecular formula is C27H29ClN2O4. The molecule has 1 atom stereocenters. The summed E-state index contributed by atoms with van der Waals surface area (Å²) in [6.45, 7) is 6.07. The number of halogens is 1. The number of methoxy groups -OCH3 is 1. The summed E-state index contributed by atoms with van der Waals surface area (Å²) in [5.41, 5.74) is 9.65. The first kappa shape index (κ1) is 23.9. The first-order valence-electron chi connectivity index (χ1n) is 11.3. The lowest BCUT2D eigenvalue weighted by Gasteiger charge is -2.44. The largest absolute Gasteiger partial charge is 0.497 e. The monoisotopic (exact) mass is 480 g/mol. The summed E-state index contributed by atoms with van der Waals surface area (Å²) < 4.78 is 10.7. The zero-order valence-electron chi connectivity index (χ0n) is 19.9. The van der Waals surface area contributed by atoms with E-state index in [1.165, 1.54) is 0 Å². The van der Waals surface area contributed by atoms with Crippen LogP contribution < -0.4 is 15.4 Å². The van der Waals surface area contributed by atoms with Crippen LogP contribution in [0.3, 0.4) is 0 Å². The highest BCUT2D eigenvalue weighted by molar-refractivity contribution is 6.30. The van der Waals surface area contributed by atoms with Crippen molar-refractivity contribution in [2.45, 2.75) is 39.5 Å². The van der Waals surface area contributed by atoms with Gasteiger partial charge in [-0.25, -0.2) is 4.79 Å². The highest BCUT2D eigenvalue weighted by Crippen LogP contribution is 2.50. The smallest absolute Gasteiger partial charge is 0.338 e. The number of anilines is 1. The summed E-state index contributed by atoms with van der Waals surface area (Å²) in [5.74, 6) is -0.221. The second-order valence-electron chi connectivity index (χ2n) is 9.34. The Morgan fingerprint density at radius 2 is 1.76 bits per heavy atom. The van der Waals surface area contributed by atoms with E-state index in [9.17, 15) is 9.59 Å². The highest BCUT2D eigenvalue weighted by atomic mass is 35.5. The van der Waals surface area contributed by atoms with Gasteiger partial charge in [-0.2, -0.15) is 0 Å². The molecular weight excluding hydrogens is 452 g/mol. The van der Waals surface area contributed by atoms with E-state index in [0.717, 1.165) is 16.9 Å². The van der Waals surface area contributed by atoms with Crippen LogP contribution in [-0.4, -0.2) is 25.5 Å². The standard InChI is InChI=1S/C27H29ClN2O4/c1-5-34-26(32)24-22(16-6-8-17(28)9-7-16)23-20(14-27(2,3)15-21(23)31)30(25(24)29)18-10-12-19(33-4)13-11-18/h6-13,22H,5,14-15,29H2,1-4H3. The normalized spacial score (nSPS) is 19.7. The van der Waals surface area contributed by atoms with Gasteiger partial charge in [0.15, 0.2) is 5.78 Å². The van der Waals surface area contributed by atoms with Crippen LogP contribution in [0.15, 0.2) is 71.2 Å². The minimum atomic E-state index is -0.635. The van der Waals surface area contributed by atoms with Crippen molar-refractivity contribution in [3.63, 3.8) is 0 Å². The molecule has 0 amide bonds. The number of nitrogens with zero attached hydrogens (tertiary/aromatic N) is 1. The number of hydrogen-bond acceptors (Lipinski definition) is 6. The molecule has 0 bridgehead atoms. The van der Waals surface area contributed by atoms with Crippen LogP contribution in [0.2, 0.25) is 5.02 Å². The number of rotatable bonds is 5. The van der Waals surface area contributed by atoms with E-state index in [4.69, 9.17) is 26.8 Å². The molecule has 2 N–H and O–H groups in total. The van der Waals surface area contributed by atoms with Gasteiger partial charge in [-0.1, -0.05) is 37.6 Å². The van der Waals surface area contributed by atoms with Gasteiger partial charge < -0.3 is 15.2 Å². The maximum atomic E-state index is 13.7. The summed E-state index contributed by atoms with van der Waals surface area (Å²) in [5, 5.41) is 0.569. The molecule has 2 aliphatic rings. The predicted octanol–water partition coefficient (Wildman–Crippen LogP) is 5.33. The number of benzene rings is 2. The molecule has 0 radical (unpaired) electrons. The van der Waals surface area contributed by atoms with Crippen molar-refractivity contribution in [1.82, 2.24) is 0 Å². The van der Waals surface area contributed by atoms with Gasteiger partial charge in [0.05, 0.1) is 25.2 Å². The van der Waals surface area contributed by atoms with Crippen LogP contribution in [0.25, 0.3) is 0 Å². The third kappa shape index (κ3) is 4.30. The second-order valence-corrected chi connectivity index (χ2v) is 9.78. The number of esters is 1. The summed E-state index contributed by atoms with van der Waals surface area (Å²) in [4.78, 5) is 28.8. The molecule has 4 rings (SSSR count). The number of ketones is 1. The Balaban J connectivity index is 2.00. The Morgan fingerprint density at radius 3 is 2.35 bits per heavy atom. The van der Waals surface area contributed by atoms with E-state index < -0.39 is 11.9 Å². The van der Waals surface area contributed by atoms with Crippen molar-refractivity contribution >= 4 is 29.0 Å². The molecule has 2 aromatic rings. The zero-order valence-corrected chi connectivity index (χ0v) is 20.6. The van der Waals surface area contributed by atoms with Crippen LogP contribution in [0.1, 0.15) is 45.1 Å². The maximum absolute atomic E-state index is 13.7. The minimum Gasteiger partial charge on any atom is -0.497 e. The van der Waals surface area contributed by atoms with E-state index in [0.29, 0.717) is 29.2 Å². The Bertz CT molecular complexity index is 1180. The predicted molar refractivity (Wildman–Crippen MR) is 133 cm³/mol. The first-order chi connectivity index (χ1) is 16.2. The van der Waals surface area contributed by atoms with Crippen molar-refractivity contribution in [1.29, 1.82) is 0 Å². The molecule has 1 unspecified atom stereocenters. The highest BCUT2D eigenvalue weighted by Gasteiger charge is 2.46. The third-order valence-corrected chi connectivity index (χ3v) is 6.54. The van der Waals surface area contributed by atoms with Crippen LogP contribution in [0, 0.1) is 5.41 Å². The molecule has 0 fully saturated rings. The molecule has 7 heteroatoms. The molecule has 0 spiro atoms. The quantitative estimate of drug-likeness (QED) is 0.582. The van der Waals surface area contributed by atoms with Crippen LogP contribution in [0.5, 0.6) is 5.75 Å². The van der Waals surface area contributed by atoms with Crippen LogP contribution in [-0.2, 0) is 14.3 Å². The fourth-order valence-electron chi connectivity index (χ4n) is 4.83. The fraction of sp³-hybridized carbons (Fsp3) is 0.333. The minimum absolute atomic E-state index is 0.000917. The Hall–Kier alpha value is -3.25. The molecule has 0 saturated carbocycles. The lowest BCUT2D eigenvalue weighted by molar-refractivity contribution is -0.138. The number of carbonyl (C=O) groups is 2. The van der Waals surface area contributed by atoms with Crippen LogP contribution in [0.4, 0.5) is 5.69 Å². The van der Waals surface area contributed by atoms with Gasteiger partial charge in [0, 0.05) is 28.4 Å². The van der Waals surface area contributed by atoms with Gasteiger partial charge in [0.1, 0.15) is 11.6 Å². The lowest BCUT2D eigenvalue weighted by atomic mass is 9.68. The molecule has 0 saturated heterocycles. The average molecular weight is 481 g/mol.